The summed E-state index contributed by atoms with van der Waals surface area (Å²) in [5, 5.41) is 21.8. The van der Waals surface area contributed by atoms with Crippen LogP contribution < -0.4 is 0 Å². The highest BCUT2D eigenvalue weighted by atomic mass is 19.1. The van der Waals surface area contributed by atoms with Crippen LogP contribution in [0.2, 0.25) is 0 Å². The molecular weight excluding hydrogens is 295 g/mol. The van der Waals surface area contributed by atoms with Gasteiger partial charge in [-0.2, -0.15) is 0 Å². The number of carbonyl (C=O) groups is 1. The summed E-state index contributed by atoms with van der Waals surface area (Å²) in [7, 11) is 0. The minimum absolute atomic E-state index is 0.00684. The van der Waals surface area contributed by atoms with Crippen molar-refractivity contribution in [2.45, 2.75) is 77.2 Å². The fraction of sp³-hybridized carbons (Fsp3) is 0.947. The molecular formula is C19H29FO3. The van der Waals surface area contributed by atoms with Crippen LogP contribution in [0.5, 0.6) is 0 Å². The maximum atomic E-state index is 13.9. The van der Waals surface area contributed by atoms with E-state index in [1.807, 2.05) is 6.92 Å². The molecule has 0 unspecified atom stereocenters. The second-order valence-corrected chi connectivity index (χ2v) is 9.24. The molecule has 0 saturated heterocycles. The summed E-state index contributed by atoms with van der Waals surface area (Å²) in [6, 6.07) is 0. The molecule has 0 amide bonds. The number of ketones is 1. The third-order valence-electron chi connectivity index (χ3n) is 8.27. The molecule has 0 aliphatic heterocycles. The number of carbonyl (C=O) groups excluding carboxylic acids is 1. The Bertz CT molecular complexity index is 523. The lowest BCUT2D eigenvalue weighted by molar-refractivity contribution is -0.204. The fourth-order valence-electron chi connectivity index (χ4n) is 7.06. The van der Waals surface area contributed by atoms with E-state index in [0.29, 0.717) is 32.1 Å². The number of alkyl halides is 1. The van der Waals surface area contributed by atoms with Crippen molar-refractivity contribution >= 4 is 5.78 Å². The van der Waals surface area contributed by atoms with Gasteiger partial charge in [0, 0.05) is 11.8 Å². The Kier molecular flexibility index (Phi) is 3.49. The lowest BCUT2D eigenvalue weighted by Gasteiger charge is -2.62. The molecule has 0 bridgehead atoms. The van der Waals surface area contributed by atoms with E-state index in [9.17, 15) is 19.4 Å². The SMILES string of the molecule is C[C@]12CC[C@@H](F)C[C@@H]1C[C@@H](O)[C@H]1[C@H]2[C@H](O)C[C@]2(C)C(=O)CC[C@H]12. The van der Waals surface area contributed by atoms with E-state index in [1.54, 1.807) is 0 Å². The second kappa shape index (κ2) is 5.01. The summed E-state index contributed by atoms with van der Waals surface area (Å²) >= 11 is 0. The number of Topliss-reactive ketones (excluding diaryl/α,β-unsaturated/α-hetero) is 1. The smallest absolute Gasteiger partial charge is 0.139 e. The first kappa shape index (κ1) is 16.0. The quantitative estimate of drug-likeness (QED) is 0.720. The minimum Gasteiger partial charge on any atom is -0.393 e. The van der Waals surface area contributed by atoms with Crippen LogP contribution in [0.3, 0.4) is 0 Å². The number of rotatable bonds is 0. The molecule has 130 valence electrons. The van der Waals surface area contributed by atoms with Crippen molar-refractivity contribution in [2.24, 2.45) is 34.5 Å². The molecule has 4 aliphatic carbocycles. The van der Waals surface area contributed by atoms with Gasteiger partial charge in [-0.05, 0) is 67.6 Å². The molecule has 0 aromatic heterocycles. The Morgan fingerprint density at radius 3 is 2.61 bits per heavy atom. The van der Waals surface area contributed by atoms with Crippen LogP contribution in [0, 0.1) is 34.5 Å². The summed E-state index contributed by atoms with van der Waals surface area (Å²) < 4.78 is 13.9. The standard InChI is InChI=1S/C19H29FO3/c1-18-6-5-11(20)7-10(18)8-13(21)16-12-3-4-15(23)19(12,2)9-14(22)17(16)18/h10-14,16-17,21-22H,3-9H2,1-2H3/t10-,11-,12-,13-,14-,16+,17-,18+,19+/m1/s1. The zero-order chi connectivity index (χ0) is 16.6. The zero-order valence-corrected chi connectivity index (χ0v) is 14.2. The first-order chi connectivity index (χ1) is 10.8. The summed E-state index contributed by atoms with van der Waals surface area (Å²) in [5.41, 5.74) is -0.569. The van der Waals surface area contributed by atoms with Crippen molar-refractivity contribution in [3.05, 3.63) is 0 Å². The van der Waals surface area contributed by atoms with Crippen molar-refractivity contribution in [3.8, 4) is 0 Å². The Morgan fingerprint density at radius 1 is 1.13 bits per heavy atom. The van der Waals surface area contributed by atoms with Gasteiger partial charge < -0.3 is 10.2 Å². The van der Waals surface area contributed by atoms with Crippen LogP contribution in [0.4, 0.5) is 4.39 Å². The Hall–Kier alpha value is -0.480. The van der Waals surface area contributed by atoms with Crippen LogP contribution in [0.1, 0.15) is 58.8 Å². The van der Waals surface area contributed by atoms with Gasteiger partial charge in [-0.25, -0.2) is 4.39 Å². The molecule has 23 heavy (non-hydrogen) atoms. The van der Waals surface area contributed by atoms with Crippen molar-refractivity contribution < 1.29 is 19.4 Å². The van der Waals surface area contributed by atoms with E-state index in [-0.39, 0.29) is 34.9 Å². The van der Waals surface area contributed by atoms with Gasteiger partial charge in [0.1, 0.15) is 12.0 Å². The molecule has 9 atom stereocenters. The molecule has 4 fully saturated rings. The molecule has 4 saturated carbocycles. The molecule has 2 N–H and O–H groups in total. The van der Waals surface area contributed by atoms with E-state index in [0.717, 1.165) is 12.8 Å². The Balaban J connectivity index is 1.74. The van der Waals surface area contributed by atoms with Gasteiger partial charge in [-0.15, -0.1) is 0 Å². The lowest BCUT2D eigenvalue weighted by Crippen LogP contribution is -2.62. The van der Waals surface area contributed by atoms with E-state index >= 15 is 0 Å². The summed E-state index contributed by atoms with van der Waals surface area (Å²) in [4.78, 5) is 12.4. The molecule has 4 aliphatic rings. The maximum Gasteiger partial charge on any atom is 0.139 e. The Labute approximate surface area is 137 Å². The molecule has 0 aromatic carbocycles. The number of fused-ring (bicyclic) bond motifs is 5. The van der Waals surface area contributed by atoms with Gasteiger partial charge >= 0.3 is 0 Å². The summed E-state index contributed by atoms with van der Waals surface area (Å²) in [6.45, 7) is 4.20. The van der Waals surface area contributed by atoms with Gasteiger partial charge in [0.05, 0.1) is 12.2 Å². The topological polar surface area (TPSA) is 57.5 Å². The third-order valence-corrected chi connectivity index (χ3v) is 8.27. The highest BCUT2D eigenvalue weighted by Gasteiger charge is 2.65. The van der Waals surface area contributed by atoms with Crippen molar-refractivity contribution in [1.29, 1.82) is 0 Å². The molecule has 0 spiro atoms. The predicted octanol–water partition coefficient (Wildman–Crippen LogP) is 2.88. The van der Waals surface area contributed by atoms with E-state index in [1.165, 1.54) is 0 Å². The third kappa shape index (κ3) is 2.03. The van der Waals surface area contributed by atoms with Crippen LogP contribution in [-0.4, -0.2) is 34.4 Å². The van der Waals surface area contributed by atoms with Gasteiger partial charge in [-0.1, -0.05) is 13.8 Å². The maximum absolute atomic E-state index is 13.9. The largest absolute Gasteiger partial charge is 0.393 e. The van der Waals surface area contributed by atoms with Crippen LogP contribution >= 0.6 is 0 Å². The molecule has 4 heteroatoms. The first-order valence-electron chi connectivity index (χ1n) is 9.31. The molecule has 3 nitrogen and oxygen atoms in total. The number of aliphatic hydroxyl groups excluding tert-OH is 2. The zero-order valence-electron chi connectivity index (χ0n) is 14.2. The lowest BCUT2D eigenvalue weighted by atomic mass is 9.44. The van der Waals surface area contributed by atoms with Crippen molar-refractivity contribution in [2.75, 3.05) is 0 Å². The number of hydrogen-bond acceptors (Lipinski definition) is 3. The predicted molar refractivity (Wildman–Crippen MR) is 84.4 cm³/mol. The highest BCUT2D eigenvalue weighted by molar-refractivity contribution is 5.87. The number of halogens is 1. The molecule has 0 radical (unpaired) electrons. The Morgan fingerprint density at radius 2 is 1.87 bits per heavy atom. The van der Waals surface area contributed by atoms with Crippen LogP contribution in [0.25, 0.3) is 0 Å². The fourth-order valence-corrected chi connectivity index (χ4v) is 7.06. The van der Waals surface area contributed by atoms with Crippen molar-refractivity contribution in [3.63, 3.8) is 0 Å². The monoisotopic (exact) mass is 324 g/mol. The van der Waals surface area contributed by atoms with Gasteiger partial charge in [0.15, 0.2) is 0 Å². The second-order valence-electron chi connectivity index (χ2n) is 9.24. The van der Waals surface area contributed by atoms with Gasteiger partial charge in [-0.3, -0.25) is 4.79 Å². The average Bonchev–Trinajstić information content (AvgIpc) is 2.76. The summed E-state index contributed by atoms with van der Waals surface area (Å²) in [6.07, 6.45) is 2.62. The van der Waals surface area contributed by atoms with Crippen molar-refractivity contribution in [1.82, 2.24) is 0 Å². The highest BCUT2D eigenvalue weighted by Crippen LogP contribution is 2.65. The van der Waals surface area contributed by atoms with Crippen LogP contribution in [-0.2, 0) is 4.79 Å². The summed E-state index contributed by atoms with van der Waals surface area (Å²) in [5.74, 6) is 0.588. The molecule has 0 heterocycles. The van der Waals surface area contributed by atoms with E-state index in [2.05, 4.69) is 6.92 Å². The molecule has 0 aromatic rings. The number of hydrogen-bond donors (Lipinski definition) is 2. The van der Waals surface area contributed by atoms with Crippen LogP contribution in [0.15, 0.2) is 0 Å². The number of aliphatic hydroxyl groups is 2. The average molecular weight is 324 g/mol. The van der Waals surface area contributed by atoms with Gasteiger partial charge in [0.2, 0.25) is 0 Å². The first-order valence-corrected chi connectivity index (χ1v) is 9.31. The minimum atomic E-state index is -0.768. The van der Waals surface area contributed by atoms with E-state index < -0.39 is 23.8 Å². The van der Waals surface area contributed by atoms with Gasteiger partial charge in [0.25, 0.3) is 0 Å². The molecule has 4 rings (SSSR count). The van der Waals surface area contributed by atoms with E-state index in [4.69, 9.17) is 0 Å². The normalized spacial score (nSPS) is 59.2.